The normalized spacial score (nSPS) is 12.6. The van der Waals surface area contributed by atoms with Gasteiger partial charge in [-0.3, -0.25) is 0 Å². The van der Waals surface area contributed by atoms with E-state index < -0.39 is 0 Å². The Morgan fingerprint density at radius 3 is 2.23 bits per heavy atom. The molecule has 0 aliphatic rings. The third kappa shape index (κ3) is 11.1. The van der Waals surface area contributed by atoms with Gasteiger partial charge in [0.1, 0.15) is 0 Å². The highest BCUT2D eigenvalue weighted by molar-refractivity contribution is 7.99. The van der Waals surface area contributed by atoms with Crippen LogP contribution in [0.3, 0.4) is 0 Å². The molecule has 0 aromatic carbocycles. The fourth-order valence-electron chi connectivity index (χ4n) is 2.60. The summed E-state index contributed by atoms with van der Waals surface area (Å²) < 4.78 is 1.94. The van der Waals surface area contributed by atoms with E-state index in [0.717, 1.165) is 5.75 Å². The Hall–Kier alpha value is -0.480. The Morgan fingerprint density at radius 1 is 1.00 bits per heavy atom. The van der Waals surface area contributed by atoms with Gasteiger partial charge in [0.2, 0.25) is 0 Å². The van der Waals surface area contributed by atoms with Crippen LogP contribution in [0.25, 0.3) is 0 Å². The van der Waals surface area contributed by atoms with Crippen LogP contribution in [0.15, 0.2) is 18.7 Å². The molecule has 1 atom stereocenters. The van der Waals surface area contributed by atoms with Gasteiger partial charge in [0.15, 0.2) is 0 Å². The number of imidazole rings is 1. The van der Waals surface area contributed by atoms with Gasteiger partial charge >= 0.3 is 0 Å². The van der Waals surface area contributed by atoms with E-state index in [2.05, 4.69) is 11.9 Å². The maximum atomic E-state index is 9.91. The zero-order valence-corrected chi connectivity index (χ0v) is 15.1. The molecule has 0 aliphatic carbocycles. The van der Waals surface area contributed by atoms with Crippen LogP contribution in [0, 0.1) is 0 Å². The van der Waals surface area contributed by atoms with Gasteiger partial charge in [-0.1, -0.05) is 64.7 Å². The highest BCUT2D eigenvalue weighted by Crippen LogP contribution is 2.13. The number of hydrogen-bond acceptors (Lipinski definition) is 3. The van der Waals surface area contributed by atoms with Crippen molar-refractivity contribution >= 4 is 11.8 Å². The summed E-state index contributed by atoms with van der Waals surface area (Å²) in [6.07, 6.45) is 19.0. The van der Waals surface area contributed by atoms with Crippen LogP contribution in [-0.2, 0) is 6.54 Å². The second kappa shape index (κ2) is 14.1. The van der Waals surface area contributed by atoms with E-state index in [9.17, 15) is 5.11 Å². The van der Waals surface area contributed by atoms with Crippen LogP contribution in [-0.4, -0.2) is 32.3 Å². The first kappa shape index (κ1) is 19.6. The lowest BCUT2D eigenvalue weighted by Crippen LogP contribution is -2.17. The van der Waals surface area contributed by atoms with Crippen molar-refractivity contribution in [1.29, 1.82) is 0 Å². The number of hydrogen-bond donors (Lipinski definition) is 1. The maximum Gasteiger partial charge on any atom is 0.0946 e. The lowest BCUT2D eigenvalue weighted by Gasteiger charge is -2.10. The second-order valence-corrected chi connectivity index (χ2v) is 7.32. The Labute approximate surface area is 140 Å². The fraction of sp³-hybridized carbons (Fsp3) is 0.833. The smallest absolute Gasteiger partial charge is 0.0946 e. The van der Waals surface area contributed by atoms with Gasteiger partial charge in [0.05, 0.1) is 19.0 Å². The van der Waals surface area contributed by atoms with Crippen LogP contribution < -0.4 is 0 Å². The summed E-state index contributed by atoms with van der Waals surface area (Å²) in [6.45, 7) is 2.93. The SMILES string of the molecule is CCCCCCCCCCCCSCC(O)Cn1ccnc1. The van der Waals surface area contributed by atoms with Crippen LogP contribution in [0.4, 0.5) is 0 Å². The molecule has 1 rings (SSSR count). The molecule has 1 N–H and O–H groups in total. The minimum absolute atomic E-state index is 0.262. The second-order valence-electron chi connectivity index (χ2n) is 6.17. The van der Waals surface area contributed by atoms with Gasteiger partial charge in [0.25, 0.3) is 0 Å². The van der Waals surface area contributed by atoms with Crippen molar-refractivity contribution in [3.05, 3.63) is 18.7 Å². The quantitative estimate of drug-likeness (QED) is 0.466. The average molecular weight is 327 g/mol. The number of aliphatic hydroxyl groups is 1. The van der Waals surface area contributed by atoms with Crippen molar-refractivity contribution in [2.45, 2.75) is 83.8 Å². The Bertz CT molecular complexity index is 330. The van der Waals surface area contributed by atoms with E-state index in [1.54, 1.807) is 12.5 Å². The van der Waals surface area contributed by atoms with Gasteiger partial charge in [-0.25, -0.2) is 4.98 Å². The standard InChI is InChI=1S/C18H34N2OS/c1-2-3-4-5-6-7-8-9-10-11-14-22-16-18(21)15-20-13-12-19-17-20/h12-13,17-18,21H,2-11,14-16H2,1H3. The third-order valence-corrected chi connectivity index (χ3v) is 5.13. The molecule has 1 heterocycles. The maximum absolute atomic E-state index is 9.91. The first-order valence-electron chi connectivity index (χ1n) is 9.04. The highest BCUT2D eigenvalue weighted by atomic mass is 32.2. The topological polar surface area (TPSA) is 38.0 Å². The van der Waals surface area contributed by atoms with Gasteiger partial charge in [0, 0.05) is 18.1 Å². The van der Waals surface area contributed by atoms with Crippen molar-refractivity contribution in [3.8, 4) is 0 Å². The predicted octanol–water partition coefficient (Wildman–Crippen LogP) is 4.90. The molecule has 0 fully saturated rings. The molecule has 0 saturated carbocycles. The zero-order valence-electron chi connectivity index (χ0n) is 14.3. The summed E-state index contributed by atoms with van der Waals surface area (Å²) in [5.74, 6) is 2.01. The lowest BCUT2D eigenvalue weighted by molar-refractivity contribution is 0.178. The molecule has 128 valence electrons. The minimum Gasteiger partial charge on any atom is -0.390 e. The summed E-state index contributed by atoms with van der Waals surface area (Å²) in [7, 11) is 0. The van der Waals surface area contributed by atoms with Gasteiger partial charge in [-0.2, -0.15) is 11.8 Å². The molecule has 1 aromatic rings. The molecule has 0 aliphatic heterocycles. The Morgan fingerprint density at radius 2 is 1.64 bits per heavy atom. The van der Waals surface area contributed by atoms with Gasteiger partial charge in [-0.05, 0) is 12.2 Å². The largest absolute Gasteiger partial charge is 0.390 e. The molecule has 4 heteroatoms. The van der Waals surface area contributed by atoms with E-state index in [1.165, 1.54) is 70.0 Å². The summed E-state index contributed by atoms with van der Waals surface area (Å²) >= 11 is 1.88. The monoisotopic (exact) mass is 326 g/mol. The number of aromatic nitrogens is 2. The van der Waals surface area contributed by atoms with Crippen molar-refractivity contribution < 1.29 is 5.11 Å². The molecule has 0 bridgehead atoms. The van der Waals surface area contributed by atoms with E-state index >= 15 is 0 Å². The van der Waals surface area contributed by atoms with E-state index in [-0.39, 0.29) is 6.10 Å². The highest BCUT2D eigenvalue weighted by Gasteiger charge is 2.04. The number of rotatable bonds is 15. The molecule has 0 radical (unpaired) electrons. The molecule has 1 aromatic heterocycles. The molecule has 1 unspecified atom stereocenters. The van der Waals surface area contributed by atoms with Crippen molar-refractivity contribution in [2.24, 2.45) is 0 Å². The van der Waals surface area contributed by atoms with Crippen LogP contribution in [0.5, 0.6) is 0 Å². The number of unbranched alkanes of at least 4 members (excludes halogenated alkanes) is 9. The molecule has 0 amide bonds. The summed E-state index contributed by atoms with van der Waals surface area (Å²) in [4.78, 5) is 3.99. The van der Waals surface area contributed by atoms with Gasteiger partial charge < -0.3 is 9.67 Å². The van der Waals surface area contributed by atoms with Crippen molar-refractivity contribution in [3.63, 3.8) is 0 Å². The van der Waals surface area contributed by atoms with E-state index in [0.29, 0.717) is 6.54 Å². The predicted molar refractivity (Wildman–Crippen MR) is 97.4 cm³/mol. The molecular weight excluding hydrogens is 292 g/mol. The average Bonchev–Trinajstić information content (AvgIpc) is 3.01. The Kier molecular flexibility index (Phi) is 12.6. The van der Waals surface area contributed by atoms with Crippen LogP contribution in [0.1, 0.15) is 71.1 Å². The Balaban J connectivity index is 1.78. The minimum atomic E-state index is -0.262. The fourth-order valence-corrected chi connectivity index (χ4v) is 3.55. The number of nitrogens with zero attached hydrogens (tertiary/aromatic N) is 2. The first-order valence-corrected chi connectivity index (χ1v) is 10.2. The molecular formula is C18H34N2OS. The molecule has 3 nitrogen and oxygen atoms in total. The molecule has 22 heavy (non-hydrogen) atoms. The van der Waals surface area contributed by atoms with Gasteiger partial charge in [-0.15, -0.1) is 0 Å². The summed E-state index contributed by atoms with van der Waals surface area (Å²) in [5, 5.41) is 9.91. The zero-order chi connectivity index (χ0) is 15.9. The van der Waals surface area contributed by atoms with E-state index in [4.69, 9.17) is 0 Å². The number of thioether (sulfide) groups is 1. The summed E-state index contributed by atoms with van der Waals surface area (Å²) in [5.41, 5.74) is 0. The molecule has 0 saturated heterocycles. The number of aliphatic hydroxyl groups excluding tert-OH is 1. The van der Waals surface area contributed by atoms with Crippen molar-refractivity contribution in [1.82, 2.24) is 9.55 Å². The van der Waals surface area contributed by atoms with Crippen molar-refractivity contribution in [2.75, 3.05) is 11.5 Å². The van der Waals surface area contributed by atoms with Crippen LogP contribution in [0.2, 0.25) is 0 Å². The first-order chi connectivity index (χ1) is 10.8. The van der Waals surface area contributed by atoms with Crippen LogP contribution >= 0.6 is 11.8 Å². The lowest BCUT2D eigenvalue weighted by atomic mass is 10.1. The summed E-state index contributed by atoms with van der Waals surface area (Å²) in [6, 6.07) is 0. The van der Waals surface area contributed by atoms with E-state index in [1.807, 2.05) is 22.5 Å². The third-order valence-electron chi connectivity index (χ3n) is 3.93. The molecule has 0 spiro atoms.